The molecule has 0 bridgehead atoms. The van der Waals surface area contributed by atoms with Crippen molar-refractivity contribution in [3.05, 3.63) is 69.8 Å². The third kappa shape index (κ3) is 4.84. The Morgan fingerprint density at radius 1 is 1.20 bits per heavy atom. The molecule has 6 nitrogen and oxygen atoms in total. The van der Waals surface area contributed by atoms with Crippen LogP contribution < -0.4 is 4.74 Å². The summed E-state index contributed by atoms with van der Waals surface area (Å²) in [4.78, 5) is 21.8. The van der Waals surface area contributed by atoms with Crippen molar-refractivity contribution >= 4 is 17.7 Å². The number of benzene rings is 2. The van der Waals surface area contributed by atoms with Crippen molar-refractivity contribution in [2.45, 2.75) is 6.92 Å². The van der Waals surface area contributed by atoms with Crippen LogP contribution in [0.15, 0.2) is 42.5 Å². The highest BCUT2D eigenvalue weighted by Crippen LogP contribution is 2.33. The maximum Gasteiger partial charge on any atom is 0.330 e. The molecule has 0 amide bonds. The van der Waals surface area contributed by atoms with Gasteiger partial charge in [-0.1, -0.05) is 6.07 Å². The Bertz CT molecular complexity index is 836. The largest absolute Gasteiger partial charge is 0.463 e. The highest BCUT2D eigenvalue weighted by Gasteiger charge is 2.18. The molecule has 0 aliphatic rings. The lowest BCUT2D eigenvalue weighted by molar-refractivity contribution is -0.385. The van der Waals surface area contributed by atoms with Gasteiger partial charge in [0.15, 0.2) is 11.6 Å². The number of esters is 1. The lowest BCUT2D eigenvalue weighted by Gasteiger charge is -2.08. The first-order chi connectivity index (χ1) is 11.9. The molecule has 0 unspecified atom stereocenters. The predicted octanol–water partition coefficient (Wildman–Crippen LogP) is 4.24. The van der Waals surface area contributed by atoms with Crippen molar-refractivity contribution in [2.75, 3.05) is 6.61 Å². The van der Waals surface area contributed by atoms with Gasteiger partial charge in [-0.05, 0) is 36.8 Å². The third-order valence-corrected chi connectivity index (χ3v) is 2.99. The highest BCUT2D eigenvalue weighted by atomic mass is 19.1. The van der Waals surface area contributed by atoms with E-state index in [0.29, 0.717) is 11.6 Å². The van der Waals surface area contributed by atoms with Crippen molar-refractivity contribution < 1.29 is 28.0 Å². The first-order valence-electron chi connectivity index (χ1n) is 7.17. The number of carbonyl (C=O) groups excluding carboxylic acids is 1. The summed E-state index contributed by atoms with van der Waals surface area (Å²) in [5.41, 5.74) is -0.0820. The molecule has 2 rings (SSSR count). The molecule has 0 aromatic heterocycles. The number of nitro benzene ring substituents is 1. The van der Waals surface area contributed by atoms with E-state index in [2.05, 4.69) is 0 Å². The summed E-state index contributed by atoms with van der Waals surface area (Å²) in [5.74, 6) is -2.93. The smallest absolute Gasteiger partial charge is 0.330 e. The molecule has 2 aromatic carbocycles. The molecule has 0 atom stereocenters. The average Bonchev–Trinajstić information content (AvgIpc) is 2.56. The van der Waals surface area contributed by atoms with E-state index in [1.807, 2.05) is 0 Å². The summed E-state index contributed by atoms with van der Waals surface area (Å²) < 4.78 is 36.4. The summed E-state index contributed by atoms with van der Waals surface area (Å²) >= 11 is 0. The predicted molar refractivity (Wildman–Crippen MR) is 85.2 cm³/mol. The molecule has 25 heavy (non-hydrogen) atoms. The van der Waals surface area contributed by atoms with Gasteiger partial charge in [-0.15, -0.1) is 0 Å². The quantitative estimate of drug-likeness (QED) is 0.337. The van der Waals surface area contributed by atoms with E-state index < -0.39 is 28.2 Å². The fraction of sp³-hybridized carbons (Fsp3) is 0.118. The fourth-order valence-corrected chi connectivity index (χ4v) is 1.90. The minimum atomic E-state index is -0.986. The number of halogens is 2. The SMILES string of the molecule is CCOC(=O)C=Cc1ccc(Oc2ccc(F)cc2F)c([N+](=O)[O-])c1. The molecule has 0 N–H and O–H groups in total. The van der Waals surface area contributed by atoms with Crippen LogP contribution in [-0.4, -0.2) is 17.5 Å². The lowest BCUT2D eigenvalue weighted by Crippen LogP contribution is -1.99. The Morgan fingerprint density at radius 3 is 2.56 bits per heavy atom. The maximum atomic E-state index is 13.6. The second-order valence-electron chi connectivity index (χ2n) is 4.75. The van der Waals surface area contributed by atoms with E-state index >= 15 is 0 Å². The van der Waals surface area contributed by atoms with Crippen molar-refractivity contribution in [3.63, 3.8) is 0 Å². The molecule has 8 heteroatoms. The van der Waals surface area contributed by atoms with Gasteiger partial charge in [0.05, 0.1) is 11.5 Å². The lowest BCUT2D eigenvalue weighted by atomic mass is 10.1. The van der Waals surface area contributed by atoms with Crippen LogP contribution in [0.25, 0.3) is 6.08 Å². The normalized spacial score (nSPS) is 10.7. The van der Waals surface area contributed by atoms with Gasteiger partial charge in [0.1, 0.15) is 5.82 Å². The van der Waals surface area contributed by atoms with E-state index in [9.17, 15) is 23.7 Å². The number of carbonyl (C=O) groups is 1. The molecule has 2 aromatic rings. The van der Waals surface area contributed by atoms with E-state index in [0.717, 1.165) is 24.3 Å². The second-order valence-corrected chi connectivity index (χ2v) is 4.75. The molecule has 0 aliphatic heterocycles. The van der Waals surface area contributed by atoms with Gasteiger partial charge in [-0.3, -0.25) is 10.1 Å². The van der Waals surface area contributed by atoms with Crippen LogP contribution in [-0.2, 0) is 9.53 Å². The van der Waals surface area contributed by atoms with Crippen LogP contribution in [0, 0.1) is 21.7 Å². The van der Waals surface area contributed by atoms with E-state index in [1.165, 1.54) is 18.2 Å². The van der Waals surface area contributed by atoms with Gasteiger partial charge < -0.3 is 9.47 Å². The van der Waals surface area contributed by atoms with Crippen LogP contribution in [0.3, 0.4) is 0 Å². The molecule has 0 saturated heterocycles. The average molecular weight is 349 g/mol. The zero-order valence-corrected chi connectivity index (χ0v) is 13.1. The van der Waals surface area contributed by atoms with Gasteiger partial charge in [0, 0.05) is 18.2 Å². The molecule has 0 fully saturated rings. The molecular weight excluding hydrogens is 336 g/mol. The minimum absolute atomic E-state index is 0.208. The van der Waals surface area contributed by atoms with E-state index in [-0.39, 0.29) is 18.1 Å². The van der Waals surface area contributed by atoms with Crippen LogP contribution in [0.1, 0.15) is 12.5 Å². The number of hydrogen-bond acceptors (Lipinski definition) is 5. The minimum Gasteiger partial charge on any atom is -0.463 e. The molecule has 0 spiro atoms. The number of nitrogens with zero attached hydrogens (tertiary/aromatic N) is 1. The van der Waals surface area contributed by atoms with Crippen molar-refractivity contribution in [2.24, 2.45) is 0 Å². The standard InChI is InChI=1S/C17H13F2NO5/c1-2-24-17(21)8-4-11-3-6-16(14(9-11)20(22)23)25-15-7-5-12(18)10-13(15)19/h3-10H,2H2,1H3. The first kappa shape index (κ1) is 18.1. The van der Waals surface area contributed by atoms with E-state index in [4.69, 9.17) is 9.47 Å². The Labute approximate surface area is 141 Å². The highest BCUT2D eigenvalue weighted by molar-refractivity contribution is 5.87. The van der Waals surface area contributed by atoms with Crippen molar-refractivity contribution in [1.29, 1.82) is 0 Å². The van der Waals surface area contributed by atoms with Gasteiger partial charge in [-0.25, -0.2) is 13.6 Å². The first-order valence-corrected chi connectivity index (χ1v) is 7.17. The molecule has 0 aliphatic carbocycles. The van der Waals surface area contributed by atoms with Crippen LogP contribution >= 0.6 is 0 Å². The van der Waals surface area contributed by atoms with Crippen molar-refractivity contribution in [3.8, 4) is 11.5 Å². The van der Waals surface area contributed by atoms with Crippen molar-refractivity contribution in [1.82, 2.24) is 0 Å². The Kier molecular flexibility index (Phi) is 5.78. The van der Waals surface area contributed by atoms with Gasteiger partial charge >= 0.3 is 11.7 Å². The summed E-state index contributed by atoms with van der Waals surface area (Å²) in [6, 6.07) is 6.47. The zero-order valence-electron chi connectivity index (χ0n) is 13.1. The van der Waals surface area contributed by atoms with Gasteiger partial charge in [0.25, 0.3) is 0 Å². The molecular formula is C17H13F2NO5. The van der Waals surface area contributed by atoms with Crippen LogP contribution in [0.2, 0.25) is 0 Å². The Morgan fingerprint density at radius 2 is 1.92 bits per heavy atom. The third-order valence-electron chi connectivity index (χ3n) is 2.99. The zero-order chi connectivity index (χ0) is 18.4. The number of rotatable bonds is 6. The summed E-state index contributed by atoms with van der Waals surface area (Å²) in [5, 5.41) is 11.2. The maximum absolute atomic E-state index is 13.6. The topological polar surface area (TPSA) is 78.7 Å². The van der Waals surface area contributed by atoms with Crippen LogP contribution in [0.5, 0.6) is 11.5 Å². The molecule has 0 heterocycles. The summed E-state index contributed by atoms with van der Waals surface area (Å²) in [6.07, 6.45) is 2.47. The van der Waals surface area contributed by atoms with Gasteiger partial charge in [-0.2, -0.15) is 0 Å². The molecule has 130 valence electrons. The van der Waals surface area contributed by atoms with Crippen LogP contribution in [0.4, 0.5) is 14.5 Å². The molecule has 0 radical (unpaired) electrons. The Balaban J connectivity index is 2.30. The number of ether oxygens (including phenoxy) is 2. The second kappa shape index (κ2) is 8.00. The monoisotopic (exact) mass is 349 g/mol. The number of nitro groups is 1. The molecule has 0 saturated carbocycles. The fourth-order valence-electron chi connectivity index (χ4n) is 1.90. The Hall–Kier alpha value is -3.29. The van der Waals surface area contributed by atoms with E-state index in [1.54, 1.807) is 6.92 Å². The van der Waals surface area contributed by atoms with Gasteiger partial charge in [0.2, 0.25) is 5.75 Å². The summed E-state index contributed by atoms with van der Waals surface area (Å²) in [6.45, 7) is 1.86. The number of hydrogen-bond donors (Lipinski definition) is 0. The summed E-state index contributed by atoms with van der Waals surface area (Å²) in [7, 11) is 0.